The molecule has 140 valence electrons. The van der Waals surface area contributed by atoms with E-state index in [1.165, 1.54) is 16.7 Å². The third-order valence-electron chi connectivity index (χ3n) is 4.82. The van der Waals surface area contributed by atoms with Crippen molar-refractivity contribution < 1.29 is 9.47 Å². The summed E-state index contributed by atoms with van der Waals surface area (Å²) >= 11 is 0. The van der Waals surface area contributed by atoms with Crippen LogP contribution in [-0.2, 0) is 23.2 Å². The van der Waals surface area contributed by atoms with Crippen molar-refractivity contribution in [2.75, 3.05) is 19.8 Å². The summed E-state index contributed by atoms with van der Waals surface area (Å²) in [6, 6.07) is 17.5. The van der Waals surface area contributed by atoms with Gasteiger partial charge in [0.25, 0.3) is 0 Å². The Morgan fingerprint density at radius 2 is 1.73 bits per heavy atom. The molecule has 3 rings (SSSR count). The van der Waals surface area contributed by atoms with Gasteiger partial charge in [-0.3, -0.25) is 4.90 Å². The van der Waals surface area contributed by atoms with Gasteiger partial charge in [0, 0.05) is 13.1 Å². The smallest absolute Gasteiger partial charge is 0.119 e. The molecule has 2 aromatic rings. The largest absolute Gasteiger partial charge is 0.491 e. The molecule has 3 heteroatoms. The minimum absolute atomic E-state index is 0.203. The van der Waals surface area contributed by atoms with E-state index in [9.17, 15) is 0 Å². The summed E-state index contributed by atoms with van der Waals surface area (Å²) in [4.78, 5) is 2.45. The van der Waals surface area contributed by atoms with Gasteiger partial charge in [0.1, 0.15) is 18.5 Å². The minimum atomic E-state index is 0.203. The van der Waals surface area contributed by atoms with Gasteiger partial charge in [-0.25, -0.2) is 0 Å². The molecule has 1 heterocycles. The van der Waals surface area contributed by atoms with Crippen molar-refractivity contribution in [2.24, 2.45) is 0 Å². The Morgan fingerprint density at radius 1 is 1.04 bits per heavy atom. The summed E-state index contributed by atoms with van der Waals surface area (Å²) in [6.07, 6.45) is 0.293. The topological polar surface area (TPSA) is 25.0 Å². The van der Waals surface area contributed by atoms with Crippen LogP contribution < -0.4 is 4.74 Å². The van der Waals surface area contributed by atoms with E-state index in [0.29, 0.717) is 12.7 Å². The molecule has 3 nitrogen and oxygen atoms in total. The van der Waals surface area contributed by atoms with Crippen LogP contribution in [0.25, 0.3) is 0 Å². The molecule has 1 aliphatic heterocycles. The van der Waals surface area contributed by atoms with Crippen LogP contribution in [-0.4, -0.2) is 30.8 Å². The van der Waals surface area contributed by atoms with Gasteiger partial charge < -0.3 is 9.47 Å². The normalized spacial score (nSPS) is 16.7. The van der Waals surface area contributed by atoms with Crippen molar-refractivity contribution in [3.8, 4) is 5.75 Å². The van der Waals surface area contributed by atoms with Crippen LogP contribution in [0.2, 0.25) is 0 Å². The summed E-state index contributed by atoms with van der Waals surface area (Å²) in [5.41, 5.74) is 4.23. The second kappa shape index (κ2) is 8.24. The van der Waals surface area contributed by atoms with Crippen molar-refractivity contribution in [1.29, 1.82) is 0 Å². The molecule has 0 aliphatic carbocycles. The van der Waals surface area contributed by atoms with Crippen molar-refractivity contribution in [1.82, 2.24) is 4.90 Å². The standard InChI is InChI=1S/C23H31NO2/c1-5-24(14-18-9-11-20(12-10-18)23(2,3)4)15-19-7-6-8-21(13-19)25-16-22-17-26-22/h6-13,22H,5,14-17H2,1-4H3. The molecular formula is C23H31NO2. The van der Waals surface area contributed by atoms with E-state index >= 15 is 0 Å². The van der Waals surface area contributed by atoms with Crippen molar-refractivity contribution in [2.45, 2.75) is 52.3 Å². The lowest BCUT2D eigenvalue weighted by Gasteiger charge is -2.22. The van der Waals surface area contributed by atoms with Crippen LogP contribution >= 0.6 is 0 Å². The SMILES string of the molecule is CCN(Cc1ccc(C(C)(C)C)cc1)Cc1cccc(OCC2CO2)c1. The van der Waals surface area contributed by atoms with Gasteiger partial charge in [-0.1, -0.05) is 64.1 Å². The van der Waals surface area contributed by atoms with Gasteiger partial charge in [-0.05, 0) is 40.8 Å². The number of nitrogens with zero attached hydrogens (tertiary/aromatic N) is 1. The summed E-state index contributed by atoms with van der Waals surface area (Å²) in [5, 5.41) is 0. The minimum Gasteiger partial charge on any atom is -0.491 e. The third kappa shape index (κ3) is 5.58. The van der Waals surface area contributed by atoms with E-state index in [1.807, 2.05) is 6.07 Å². The molecule has 0 saturated carbocycles. The zero-order valence-electron chi connectivity index (χ0n) is 16.5. The average molecular weight is 354 g/mol. The molecule has 1 unspecified atom stereocenters. The number of ether oxygens (including phenoxy) is 2. The highest BCUT2D eigenvalue weighted by Gasteiger charge is 2.23. The van der Waals surface area contributed by atoms with Gasteiger partial charge in [0.2, 0.25) is 0 Å². The summed E-state index contributed by atoms with van der Waals surface area (Å²) in [7, 11) is 0. The summed E-state index contributed by atoms with van der Waals surface area (Å²) < 4.78 is 11.0. The van der Waals surface area contributed by atoms with Gasteiger partial charge in [0.15, 0.2) is 0 Å². The Balaban J connectivity index is 1.59. The fourth-order valence-electron chi connectivity index (χ4n) is 2.99. The summed E-state index contributed by atoms with van der Waals surface area (Å²) in [6.45, 7) is 13.4. The highest BCUT2D eigenvalue weighted by Crippen LogP contribution is 2.23. The van der Waals surface area contributed by atoms with Crippen LogP contribution in [0.4, 0.5) is 0 Å². The maximum atomic E-state index is 5.81. The zero-order chi connectivity index (χ0) is 18.6. The Bertz CT molecular complexity index is 699. The first-order valence-electron chi connectivity index (χ1n) is 9.59. The first-order valence-corrected chi connectivity index (χ1v) is 9.59. The molecule has 0 amide bonds. The van der Waals surface area contributed by atoms with Crippen LogP contribution in [0.15, 0.2) is 48.5 Å². The van der Waals surface area contributed by atoms with E-state index in [2.05, 4.69) is 75.1 Å². The fraction of sp³-hybridized carbons (Fsp3) is 0.478. The Morgan fingerprint density at radius 3 is 2.35 bits per heavy atom. The second-order valence-corrected chi connectivity index (χ2v) is 8.16. The second-order valence-electron chi connectivity index (χ2n) is 8.16. The van der Waals surface area contributed by atoms with Crippen molar-refractivity contribution in [3.63, 3.8) is 0 Å². The van der Waals surface area contributed by atoms with E-state index in [0.717, 1.165) is 32.0 Å². The molecule has 0 aromatic heterocycles. The highest BCUT2D eigenvalue weighted by molar-refractivity contribution is 5.29. The lowest BCUT2D eigenvalue weighted by molar-refractivity contribution is 0.259. The van der Waals surface area contributed by atoms with Gasteiger partial charge >= 0.3 is 0 Å². The van der Waals surface area contributed by atoms with Gasteiger partial charge in [0.05, 0.1) is 6.61 Å². The first kappa shape index (κ1) is 18.9. The lowest BCUT2D eigenvalue weighted by Crippen LogP contribution is -2.22. The number of hydrogen-bond donors (Lipinski definition) is 0. The predicted octanol–water partition coefficient (Wildman–Crippen LogP) is 4.78. The Kier molecular flexibility index (Phi) is 6.00. The van der Waals surface area contributed by atoms with E-state index in [-0.39, 0.29) is 5.41 Å². The van der Waals surface area contributed by atoms with E-state index in [4.69, 9.17) is 9.47 Å². The maximum absolute atomic E-state index is 5.81. The van der Waals surface area contributed by atoms with Crippen LogP contribution in [0.1, 0.15) is 44.4 Å². The quantitative estimate of drug-likeness (QED) is 0.638. The van der Waals surface area contributed by atoms with Crippen LogP contribution in [0.5, 0.6) is 5.75 Å². The number of rotatable bonds is 8. The molecule has 0 spiro atoms. The third-order valence-corrected chi connectivity index (χ3v) is 4.82. The average Bonchev–Trinajstić information content (AvgIpc) is 3.44. The molecule has 1 atom stereocenters. The number of hydrogen-bond acceptors (Lipinski definition) is 3. The molecule has 0 radical (unpaired) electrons. The van der Waals surface area contributed by atoms with E-state index in [1.54, 1.807) is 0 Å². The molecule has 26 heavy (non-hydrogen) atoms. The predicted molar refractivity (Wildman–Crippen MR) is 107 cm³/mol. The molecule has 0 bridgehead atoms. The monoisotopic (exact) mass is 353 g/mol. The fourth-order valence-corrected chi connectivity index (χ4v) is 2.99. The Hall–Kier alpha value is -1.84. The van der Waals surface area contributed by atoms with Crippen LogP contribution in [0.3, 0.4) is 0 Å². The molecule has 0 N–H and O–H groups in total. The lowest BCUT2D eigenvalue weighted by atomic mass is 9.87. The first-order chi connectivity index (χ1) is 12.4. The zero-order valence-corrected chi connectivity index (χ0v) is 16.5. The van der Waals surface area contributed by atoms with E-state index < -0.39 is 0 Å². The number of epoxide rings is 1. The molecule has 1 saturated heterocycles. The summed E-state index contributed by atoms with van der Waals surface area (Å²) in [5.74, 6) is 0.934. The number of benzene rings is 2. The van der Waals surface area contributed by atoms with Gasteiger partial charge in [-0.15, -0.1) is 0 Å². The molecule has 2 aromatic carbocycles. The molecule has 1 aliphatic rings. The highest BCUT2D eigenvalue weighted by atomic mass is 16.6. The molecular weight excluding hydrogens is 322 g/mol. The molecule has 1 fully saturated rings. The van der Waals surface area contributed by atoms with Gasteiger partial charge in [-0.2, -0.15) is 0 Å². The Labute approximate surface area is 157 Å². The van der Waals surface area contributed by atoms with Crippen molar-refractivity contribution in [3.05, 3.63) is 65.2 Å². The van der Waals surface area contributed by atoms with Crippen LogP contribution in [0, 0.1) is 0 Å². The van der Waals surface area contributed by atoms with Crippen molar-refractivity contribution >= 4 is 0 Å². The maximum Gasteiger partial charge on any atom is 0.119 e.